The maximum Gasteiger partial charge on any atom is 0.306 e. The number of piperidine rings is 1. The number of carboxylic acid groups (broad SMARTS) is 1. The number of carbonyl (C=O) groups excluding carboxylic acids is 1. The molecule has 14 heteroatoms. The number of rotatable bonds is 8. The number of likely N-dealkylation sites (tertiary alicyclic amines) is 1. The van der Waals surface area contributed by atoms with Gasteiger partial charge in [0.05, 0.1) is 22.3 Å². The fraction of sp³-hybridized carbons (Fsp3) is 0.476. The summed E-state index contributed by atoms with van der Waals surface area (Å²) in [6, 6.07) is 4.42. The molecular formula is C21H26N6O6S2. The molecule has 3 heterocycles. The number of hydrogen-bond acceptors (Lipinski definition) is 9. The number of carbonyl (C=O) groups is 2. The van der Waals surface area contributed by atoms with Gasteiger partial charge in [0.1, 0.15) is 24.1 Å². The van der Waals surface area contributed by atoms with Gasteiger partial charge in [0, 0.05) is 13.1 Å². The van der Waals surface area contributed by atoms with E-state index in [4.69, 9.17) is 9.88 Å². The van der Waals surface area contributed by atoms with Crippen LogP contribution in [0.1, 0.15) is 38.4 Å². The SMILES string of the molecule is CC(C)C(C(=O)N1CCC(C(=O)O)CC1)n1cc(COc2ccc3nc(S(N)(=O)=O)sc3c2)nn1. The summed E-state index contributed by atoms with van der Waals surface area (Å²) in [5.74, 6) is -0.909. The first-order chi connectivity index (χ1) is 16.5. The Morgan fingerprint density at radius 3 is 2.63 bits per heavy atom. The van der Waals surface area contributed by atoms with Crippen molar-refractivity contribution in [2.24, 2.45) is 17.0 Å². The average molecular weight is 523 g/mol. The number of ether oxygens (including phenoxy) is 1. The molecule has 1 atom stereocenters. The van der Waals surface area contributed by atoms with E-state index in [0.717, 1.165) is 11.3 Å². The van der Waals surface area contributed by atoms with E-state index in [2.05, 4.69) is 15.3 Å². The molecule has 0 spiro atoms. The second kappa shape index (κ2) is 9.87. The van der Waals surface area contributed by atoms with Crippen molar-refractivity contribution in [2.45, 2.75) is 43.7 Å². The highest BCUT2D eigenvalue weighted by Gasteiger charge is 2.33. The highest BCUT2D eigenvalue weighted by molar-refractivity contribution is 7.91. The van der Waals surface area contributed by atoms with Crippen LogP contribution in [-0.2, 0) is 26.2 Å². The quantitative estimate of drug-likeness (QED) is 0.446. The fourth-order valence-corrected chi connectivity index (χ4v) is 5.69. The predicted octanol–water partition coefficient (Wildman–Crippen LogP) is 1.63. The van der Waals surface area contributed by atoms with Gasteiger partial charge >= 0.3 is 5.97 Å². The first-order valence-corrected chi connectivity index (χ1v) is 13.4. The van der Waals surface area contributed by atoms with Gasteiger partial charge in [-0.2, -0.15) is 0 Å². The van der Waals surface area contributed by atoms with E-state index in [0.29, 0.717) is 47.6 Å². The number of aliphatic carboxylic acids is 1. The van der Waals surface area contributed by atoms with Gasteiger partial charge in [0.15, 0.2) is 0 Å². The van der Waals surface area contributed by atoms with Crippen LogP contribution in [0.25, 0.3) is 10.2 Å². The van der Waals surface area contributed by atoms with E-state index in [1.165, 1.54) is 4.68 Å². The molecule has 4 rings (SSSR count). The number of aromatic nitrogens is 4. The van der Waals surface area contributed by atoms with E-state index >= 15 is 0 Å². The zero-order valence-electron chi connectivity index (χ0n) is 19.2. The standard InChI is InChI=1S/C21H26N6O6S2/c1-12(2)18(19(28)26-7-5-13(6-8-26)20(29)30)27-10-14(24-25-27)11-33-15-3-4-16-17(9-15)34-21(23-16)35(22,31)32/h3-4,9-10,12-13,18H,5-8,11H2,1-2H3,(H,29,30)(H2,22,31,32). The Bertz CT molecular complexity index is 1340. The lowest BCUT2D eigenvalue weighted by Crippen LogP contribution is -2.45. The van der Waals surface area contributed by atoms with Gasteiger partial charge in [-0.3, -0.25) is 9.59 Å². The van der Waals surface area contributed by atoms with Crippen molar-refractivity contribution >= 4 is 43.5 Å². The minimum atomic E-state index is -3.88. The van der Waals surface area contributed by atoms with Crippen LogP contribution < -0.4 is 9.88 Å². The molecule has 1 unspecified atom stereocenters. The lowest BCUT2D eigenvalue weighted by atomic mass is 9.95. The molecule has 0 bridgehead atoms. The van der Waals surface area contributed by atoms with Crippen molar-refractivity contribution in [3.63, 3.8) is 0 Å². The van der Waals surface area contributed by atoms with Gasteiger partial charge in [-0.25, -0.2) is 23.2 Å². The summed E-state index contributed by atoms with van der Waals surface area (Å²) in [7, 11) is -3.88. The van der Waals surface area contributed by atoms with Gasteiger partial charge in [0.2, 0.25) is 10.2 Å². The third kappa shape index (κ3) is 5.60. The first-order valence-electron chi connectivity index (χ1n) is 11.0. The minimum Gasteiger partial charge on any atom is -0.487 e. The number of nitrogens with two attached hydrogens (primary N) is 1. The molecule has 0 radical (unpaired) electrons. The summed E-state index contributed by atoms with van der Waals surface area (Å²) in [4.78, 5) is 30.1. The van der Waals surface area contributed by atoms with Crippen LogP contribution in [0.5, 0.6) is 5.75 Å². The molecule has 1 saturated heterocycles. The lowest BCUT2D eigenvalue weighted by molar-refractivity contribution is -0.147. The Morgan fingerprint density at radius 1 is 1.29 bits per heavy atom. The number of thiazole rings is 1. The van der Waals surface area contributed by atoms with E-state index in [-0.39, 0.29) is 22.8 Å². The Balaban J connectivity index is 1.42. The van der Waals surface area contributed by atoms with Crippen molar-refractivity contribution in [1.29, 1.82) is 0 Å². The number of hydrogen-bond donors (Lipinski definition) is 2. The molecule has 3 aromatic rings. The normalized spacial score (nSPS) is 16.1. The molecule has 0 saturated carbocycles. The summed E-state index contributed by atoms with van der Waals surface area (Å²) < 4.78 is 30.8. The van der Waals surface area contributed by atoms with Gasteiger partial charge in [0.25, 0.3) is 10.0 Å². The molecule has 2 aromatic heterocycles. The molecule has 0 aliphatic carbocycles. The number of primary sulfonamides is 1. The summed E-state index contributed by atoms with van der Waals surface area (Å²) >= 11 is 0.959. The number of sulfonamides is 1. The maximum absolute atomic E-state index is 13.2. The molecule has 188 valence electrons. The molecule has 1 aliphatic rings. The topological polar surface area (TPSA) is 171 Å². The molecule has 1 aliphatic heterocycles. The summed E-state index contributed by atoms with van der Waals surface area (Å²) in [5.41, 5.74) is 1.02. The molecule has 35 heavy (non-hydrogen) atoms. The van der Waals surface area contributed by atoms with E-state index < -0.39 is 28.0 Å². The first kappa shape index (κ1) is 25.0. The second-order valence-electron chi connectivity index (χ2n) is 8.76. The Labute approximate surface area is 205 Å². The Hall–Kier alpha value is -3.10. The van der Waals surface area contributed by atoms with Crippen molar-refractivity contribution in [3.8, 4) is 5.75 Å². The average Bonchev–Trinajstić information content (AvgIpc) is 3.44. The smallest absolute Gasteiger partial charge is 0.306 e. The fourth-order valence-electron chi connectivity index (χ4n) is 4.01. The van der Waals surface area contributed by atoms with E-state index in [9.17, 15) is 23.1 Å². The molecule has 1 fully saturated rings. The third-order valence-electron chi connectivity index (χ3n) is 5.85. The molecule has 3 N–H and O–H groups in total. The lowest BCUT2D eigenvalue weighted by Gasteiger charge is -2.33. The van der Waals surface area contributed by atoms with Crippen molar-refractivity contribution < 1.29 is 27.9 Å². The molecule has 12 nitrogen and oxygen atoms in total. The van der Waals surface area contributed by atoms with Crippen molar-refractivity contribution in [2.75, 3.05) is 13.1 Å². The van der Waals surface area contributed by atoms with E-state index in [1.54, 1.807) is 29.3 Å². The van der Waals surface area contributed by atoms with Crippen molar-refractivity contribution in [3.05, 3.63) is 30.1 Å². The van der Waals surface area contributed by atoms with Gasteiger partial charge in [-0.15, -0.1) is 16.4 Å². The van der Waals surface area contributed by atoms with Crippen LogP contribution in [0.4, 0.5) is 0 Å². The summed E-state index contributed by atoms with van der Waals surface area (Å²) in [6.07, 6.45) is 2.53. The Kier molecular flexibility index (Phi) is 7.05. The maximum atomic E-state index is 13.2. The number of nitrogens with zero attached hydrogens (tertiary/aromatic N) is 5. The molecule has 1 aromatic carbocycles. The number of fused-ring (bicyclic) bond motifs is 1. The monoisotopic (exact) mass is 522 g/mol. The zero-order valence-corrected chi connectivity index (χ0v) is 20.8. The van der Waals surface area contributed by atoms with Crippen LogP contribution in [0.2, 0.25) is 0 Å². The number of benzene rings is 1. The van der Waals surface area contributed by atoms with E-state index in [1.807, 2.05) is 13.8 Å². The highest BCUT2D eigenvalue weighted by Crippen LogP contribution is 2.29. The number of carboxylic acids is 1. The van der Waals surface area contributed by atoms with Crippen LogP contribution in [0.3, 0.4) is 0 Å². The largest absolute Gasteiger partial charge is 0.487 e. The third-order valence-corrected chi connectivity index (χ3v) is 8.19. The Morgan fingerprint density at radius 2 is 2.00 bits per heavy atom. The predicted molar refractivity (Wildman–Crippen MR) is 126 cm³/mol. The second-order valence-corrected chi connectivity index (χ2v) is 11.5. The van der Waals surface area contributed by atoms with Crippen molar-refractivity contribution in [1.82, 2.24) is 24.9 Å². The van der Waals surface area contributed by atoms with Gasteiger partial charge in [-0.05, 0) is 37.0 Å². The van der Waals surface area contributed by atoms with Gasteiger partial charge < -0.3 is 14.7 Å². The highest BCUT2D eigenvalue weighted by atomic mass is 32.2. The van der Waals surface area contributed by atoms with Gasteiger partial charge in [-0.1, -0.05) is 19.1 Å². The summed E-state index contributed by atoms with van der Waals surface area (Å²) in [5, 5.41) is 22.6. The van der Waals surface area contributed by atoms with Crippen LogP contribution in [0.15, 0.2) is 28.7 Å². The molecular weight excluding hydrogens is 496 g/mol. The zero-order chi connectivity index (χ0) is 25.3. The van der Waals surface area contributed by atoms with Crippen LogP contribution in [0, 0.1) is 11.8 Å². The molecule has 1 amide bonds. The van der Waals surface area contributed by atoms with Crippen LogP contribution >= 0.6 is 11.3 Å². The van der Waals surface area contributed by atoms with Crippen LogP contribution in [-0.4, -0.2) is 63.4 Å². The number of amides is 1. The summed E-state index contributed by atoms with van der Waals surface area (Å²) in [6.45, 7) is 4.73. The minimum absolute atomic E-state index is 0.0584.